The van der Waals surface area contributed by atoms with Gasteiger partial charge in [-0.25, -0.2) is 0 Å². The maximum atomic E-state index is 12.7. The van der Waals surface area contributed by atoms with Gasteiger partial charge in [0.1, 0.15) is 11.9 Å². The van der Waals surface area contributed by atoms with Crippen LogP contribution in [0.4, 0.5) is 0 Å². The minimum atomic E-state index is -0.207. The molecule has 3 aliphatic rings. The largest absolute Gasteiger partial charge is 0.462 e. The number of hydrogen-bond donors (Lipinski definition) is 0. The van der Waals surface area contributed by atoms with Crippen LogP contribution in [-0.2, 0) is 41.6 Å². The molecule has 0 amide bonds. The number of ether oxygens (including phenoxy) is 4. The molecule has 6 nitrogen and oxygen atoms in total. The Labute approximate surface area is 177 Å². The van der Waals surface area contributed by atoms with Crippen molar-refractivity contribution in [1.29, 1.82) is 0 Å². The average molecular weight is 414 g/mol. The number of allylic oxidation sites excluding steroid dienone is 1. The van der Waals surface area contributed by atoms with Gasteiger partial charge in [0, 0.05) is 38.9 Å². The molecule has 1 unspecified atom stereocenters. The SMILES string of the molecule is COCc1cccc(CC(=O)CC=C2[C@H]3CC(=O)O[C@H]3C[C@H]2OC2CCCCO2)c1. The van der Waals surface area contributed by atoms with Crippen molar-refractivity contribution in [3.63, 3.8) is 0 Å². The highest BCUT2D eigenvalue weighted by Crippen LogP contribution is 2.43. The number of ketones is 1. The standard InChI is InChI=1S/C24H30O6/c1-27-15-17-6-4-5-16(11-17)12-18(25)8-9-19-20-13-23(26)29-22(20)14-21(19)30-24-7-2-3-10-28-24/h4-6,9,11,20-22,24H,2-3,7-8,10,12-15H2,1H3/t20-,21-,22+,24?/m1/s1. The summed E-state index contributed by atoms with van der Waals surface area (Å²) in [7, 11) is 1.66. The highest BCUT2D eigenvalue weighted by Gasteiger charge is 2.47. The van der Waals surface area contributed by atoms with Crippen molar-refractivity contribution in [2.45, 2.75) is 70.1 Å². The van der Waals surface area contributed by atoms with Crippen molar-refractivity contribution in [1.82, 2.24) is 0 Å². The van der Waals surface area contributed by atoms with E-state index in [1.54, 1.807) is 7.11 Å². The second-order valence-corrected chi connectivity index (χ2v) is 8.37. The Balaban J connectivity index is 1.41. The second-order valence-electron chi connectivity index (χ2n) is 8.37. The van der Waals surface area contributed by atoms with Crippen LogP contribution in [0.1, 0.15) is 49.7 Å². The predicted octanol–water partition coefficient (Wildman–Crippen LogP) is 3.51. The second kappa shape index (κ2) is 9.86. The summed E-state index contributed by atoms with van der Waals surface area (Å²) in [6.45, 7) is 1.25. The molecule has 2 heterocycles. The summed E-state index contributed by atoms with van der Waals surface area (Å²) in [4.78, 5) is 24.4. The van der Waals surface area contributed by atoms with Gasteiger partial charge >= 0.3 is 5.97 Å². The summed E-state index contributed by atoms with van der Waals surface area (Å²) < 4.78 is 22.6. The van der Waals surface area contributed by atoms with E-state index in [1.807, 2.05) is 30.3 Å². The Morgan fingerprint density at radius 1 is 1.27 bits per heavy atom. The topological polar surface area (TPSA) is 71.1 Å². The molecule has 1 aromatic carbocycles. The van der Waals surface area contributed by atoms with E-state index in [2.05, 4.69) is 0 Å². The summed E-state index contributed by atoms with van der Waals surface area (Å²) in [5, 5.41) is 0. The molecule has 1 aliphatic carbocycles. The maximum absolute atomic E-state index is 12.7. The lowest BCUT2D eigenvalue weighted by Crippen LogP contribution is -2.28. The third-order valence-corrected chi connectivity index (χ3v) is 6.09. The molecule has 0 aromatic heterocycles. The Hall–Kier alpha value is -2.02. The first-order chi connectivity index (χ1) is 14.6. The van der Waals surface area contributed by atoms with Crippen LogP contribution < -0.4 is 0 Å². The van der Waals surface area contributed by atoms with Gasteiger partial charge < -0.3 is 18.9 Å². The van der Waals surface area contributed by atoms with Gasteiger partial charge in [-0.1, -0.05) is 30.3 Å². The molecule has 0 spiro atoms. The molecule has 162 valence electrons. The first kappa shape index (κ1) is 21.2. The molecule has 3 fully saturated rings. The number of rotatable bonds is 8. The Bertz CT molecular complexity index is 795. The van der Waals surface area contributed by atoms with Gasteiger partial charge in [-0.15, -0.1) is 0 Å². The number of esters is 1. The van der Waals surface area contributed by atoms with E-state index in [0.29, 0.717) is 32.3 Å². The van der Waals surface area contributed by atoms with Gasteiger partial charge in [0.15, 0.2) is 6.29 Å². The lowest BCUT2D eigenvalue weighted by atomic mass is 9.96. The van der Waals surface area contributed by atoms with Crippen molar-refractivity contribution >= 4 is 11.8 Å². The van der Waals surface area contributed by atoms with E-state index in [1.165, 1.54) is 0 Å². The molecule has 2 aliphatic heterocycles. The minimum Gasteiger partial charge on any atom is -0.462 e. The third kappa shape index (κ3) is 5.17. The van der Waals surface area contributed by atoms with Gasteiger partial charge in [-0.3, -0.25) is 9.59 Å². The summed E-state index contributed by atoms with van der Waals surface area (Å²) in [6, 6.07) is 7.92. The minimum absolute atomic E-state index is 0.0175. The smallest absolute Gasteiger partial charge is 0.306 e. The van der Waals surface area contributed by atoms with Crippen molar-refractivity contribution in [3.8, 4) is 0 Å². The Morgan fingerprint density at radius 3 is 2.93 bits per heavy atom. The highest BCUT2D eigenvalue weighted by molar-refractivity contribution is 5.82. The Morgan fingerprint density at radius 2 is 2.13 bits per heavy atom. The number of hydrogen-bond acceptors (Lipinski definition) is 6. The lowest BCUT2D eigenvalue weighted by Gasteiger charge is -2.27. The number of carbonyl (C=O) groups excluding carboxylic acids is 2. The van der Waals surface area contributed by atoms with Crippen LogP contribution in [0.25, 0.3) is 0 Å². The average Bonchev–Trinajstić information content (AvgIpc) is 3.23. The number of benzene rings is 1. The van der Waals surface area contributed by atoms with E-state index in [9.17, 15) is 9.59 Å². The van der Waals surface area contributed by atoms with Crippen LogP contribution in [0.15, 0.2) is 35.9 Å². The van der Waals surface area contributed by atoms with Gasteiger partial charge in [-0.05, 0) is 36.0 Å². The zero-order valence-electron chi connectivity index (χ0n) is 17.5. The lowest BCUT2D eigenvalue weighted by molar-refractivity contribution is -0.181. The van der Waals surface area contributed by atoms with Crippen LogP contribution >= 0.6 is 0 Å². The van der Waals surface area contributed by atoms with Gasteiger partial charge in [0.2, 0.25) is 0 Å². The van der Waals surface area contributed by atoms with E-state index in [0.717, 1.165) is 42.6 Å². The summed E-state index contributed by atoms with van der Waals surface area (Å²) >= 11 is 0. The third-order valence-electron chi connectivity index (χ3n) is 6.09. The van der Waals surface area contributed by atoms with Crippen LogP contribution in [0.5, 0.6) is 0 Å². The molecular weight excluding hydrogens is 384 g/mol. The van der Waals surface area contributed by atoms with Crippen LogP contribution in [0, 0.1) is 5.92 Å². The molecule has 30 heavy (non-hydrogen) atoms. The fraction of sp³-hybridized carbons (Fsp3) is 0.583. The Kier molecular flexibility index (Phi) is 6.97. The number of carbonyl (C=O) groups is 2. The van der Waals surface area contributed by atoms with Crippen LogP contribution in [-0.4, -0.2) is 44.0 Å². The fourth-order valence-corrected chi connectivity index (χ4v) is 4.69. The molecule has 2 saturated heterocycles. The van der Waals surface area contributed by atoms with E-state index >= 15 is 0 Å². The zero-order chi connectivity index (χ0) is 20.9. The summed E-state index contributed by atoms with van der Waals surface area (Å²) in [5.74, 6) is -0.00750. The van der Waals surface area contributed by atoms with Gasteiger partial charge in [0.05, 0.1) is 19.1 Å². The van der Waals surface area contributed by atoms with Gasteiger partial charge in [-0.2, -0.15) is 0 Å². The zero-order valence-corrected chi connectivity index (χ0v) is 17.5. The molecule has 0 radical (unpaired) electrons. The summed E-state index contributed by atoms with van der Waals surface area (Å²) in [5.41, 5.74) is 3.07. The monoisotopic (exact) mass is 414 g/mol. The van der Waals surface area contributed by atoms with Crippen molar-refractivity contribution in [2.24, 2.45) is 5.92 Å². The van der Waals surface area contributed by atoms with Crippen molar-refractivity contribution in [3.05, 3.63) is 47.0 Å². The first-order valence-electron chi connectivity index (χ1n) is 10.9. The van der Waals surface area contributed by atoms with Crippen molar-refractivity contribution in [2.75, 3.05) is 13.7 Å². The molecule has 4 rings (SSSR count). The molecular formula is C24H30O6. The fourth-order valence-electron chi connectivity index (χ4n) is 4.69. The number of fused-ring (bicyclic) bond motifs is 1. The quantitative estimate of drug-likeness (QED) is 0.479. The normalized spacial score (nSPS) is 29.8. The highest BCUT2D eigenvalue weighted by atomic mass is 16.7. The van der Waals surface area contributed by atoms with E-state index < -0.39 is 0 Å². The molecule has 1 aromatic rings. The molecule has 4 atom stereocenters. The van der Waals surface area contributed by atoms with E-state index in [-0.39, 0.29) is 36.2 Å². The van der Waals surface area contributed by atoms with E-state index in [4.69, 9.17) is 18.9 Å². The predicted molar refractivity (Wildman–Crippen MR) is 110 cm³/mol. The number of methoxy groups -OCH3 is 1. The maximum Gasteiger partial charge on any atom is 0.306 e. The summed E-state index contributed by atoms with van der Waals surface area (Å²) in [6.07, 6.45) is 6.25. The molecule has 0 N–H and O–H groups in total. The van der Waals surface area contributed by atoms with Crippen LogP contribution in [0.2, 0.25) is 0 Å². The number of Topliss-reactive ketones (excluding diaryl/α,β-unsaturated/α-hetero) is 1. The van der Waals surface area contributed by atoms with Gasteiger partial charge in [0.25, 0.3) is 0 Å². The molecule has 1 saturated carbocycles. The van der Waals surface area contributed by atoms with Crippen LogP contribution in [0.3, 0.4) is 0 Å². The molecule has 6 heteroatoms. The first-order valence-corrected chi connectivity index (χ1v) is 10.9. The molecule has 0 bridgehead atoms. The van der Waals surface area contributed by atoms with Crippen molar-refractivity contribution < 1.29 is 28.5 Å².